The molecule has 0 spiro atoms. The van der Waals surface area contributed by atoms with Crippen LogP contribution in [0.25, 0.3) is 0 Å². The molecular weight excluding hydrogens is 380 g/mol. The van der Waals surface area contributed by atoms with Gasteiger partial charge in [0, 0.05) is 25.7 Å². The molecular formula is C19H20N4O6. The molecule has 2 N–H and O–H groups in total. The van der Waals surface area contributed by atoms with E-state index in [4.69, 9.17) is 4.42 Å². The number of furan rings is 1. The van der Waals surface area contributed by atoms with E-state index in [1.165, 1.54) is 36.8 Å². The third-order valence-corrected chi connectivity index (χ3v) is 4.78. The molecule has 0 saturated carbocycles. The Kier molecular flexibility index (Phi) is 6.22. The van der Waals surface area contributed by atoms with Crippen LogP contribution in [0.3, 0.4) is 0 Å². The second kappa shape index (κ2) is 9.00. The lowest BCUT2D eigenvalue weighted by Gasteiger charge is -2.31. The van der Waals surface area contributed by atoms with Gasteiger partial charge >= 0.3 is 11.8 Å². The summed E-state index contributed by atoms with van der Waals surface area (Å²) < 4.78 is 4.93. The number of nitro benzene ring substituents is 1. The van der Waals surface area contributed by atoms with Crippen LogP contribution in [-0.4, -0.2) is 47.2 Å². The number of benzene rings is 1. The minimum absolute atomic E-state index is 0.0382. The van der Waals surface area contributed by atoms with Crippen molar-refractivity contribution < 1.29 is 23.7 Å². The van der Waals surface area contributed by atoms with Crippen LogP contribution in [0.4, 0.5) is 11.4 Å². The first-order valence-electron chi connectivity index (χ1n) is 9.09. The fourth-order valence-electron chi connectivity index (χ4n) is 3.14. The van der Waals surface area contributed by atoms with E-state index in [1.54, 1.807) is 11.0 Å². The highest BCUT2D eigenvalue weighted by Crippen LogP contribution is 2.23. The van der Waals surface area contributed by atoms with E-state index in [2.05, 4.69) is 10.6 Å². The Morgan fingerprint density at radius 3 is 2.52 bits per heavy atom. The third kappa shape index (κ3) is 4.98. The Hall–Kier alpha value is -3.69. The highest BCUT2D eigenvalue weighted by Gasteiger charge is 2.25. The summed E-state index contributed by atoms with van der Waals surface area (Å²) in [5, 5.41) is 15.8. The largest absolute Gasteiger partial charge is 0.472 e. The molecule has 1 aliphatic heterocycles. The zero-order valence-corrected chi connectivity index (χ0v) is 15.5. The molecule has 2 heterocycles. The monoisotopic (exact) mass is 400 g/mol. The molecule has 0 aliphatic carbocycles. The zero-order chi connectivity index (χ0) is 20.8. The molecule has 1 aromatic heterocycles. The number of nitrogens with one attached hydrogen (secondary N) is 2. The number of nitro groups is 1. The molecule has 29 heavy (non-hydrogen) atoms. The number of para-hydroxylation sites is 2. The molecule has 1 aromatic carbocycles. The molecule has 3 rings (SSSR count). The van der Waals surface area contributed by atoms with Crippen molar-refractivity contribution in [2.75, 3.05) is 25.0 Å². The number of carbonyl (C=O) groups is 3. The van der Waals surface area contributed by atoms with Crippen molar-refractivity contribution in [1.82, 2.24) is 10.2 Å². The second-order valence-electron chi connectivity index (χ2n) is 6.69. The summed E-state index contributed by atoms with van der Waals surface area (Å²) in [5.41, 5.74) is 0.176. The molecule has 1 aliphatic rings. The molecule has 0 unspecified atom stereocenters. The maximum Gasteiger partial charge on any atom is 0.313 e. The van der Waals surface area contributed by atoms with Gasteiger partial charge in [0.1, 0.15) is 12.0 Å². The normalized spacial score (nSPS) is 14.3. The van der Waals surface area contributed by atoms with Gasteiger partial charge in [0.05, 0.1) is 16.7 Å². The molecule has 0 bridgehead atoms. The molecule has 3 amide bonds. The Labute approximate surface area is 166 Å². The van der Waals surface area contributed by atoms with Gasteiger partial charge < -0.3 is 20.0 Å². The minimum atomic E-state index is -0.966. The number of nitrogens with zero attached hydrogens (tertiary/aromatic N) is 2. The lowest BCUT2D eigenvalue weighted by Crippen LogP contribution is -2.43. The Bertz CT molecular complexity index is 903. The van der Waals surface area contributed by atoms with Crippen LogP contribution in [0.2, 0.25) is 0 Å². The van der Waals surface area contributed by atoms with Crippen molar-refractivity contribution in [2.45, 2.75) is 12.8 Å². The van der Waals surface area contributed by atoms with Crippen molar-refractivity contribution >= 4 is 29.1 Å². The Morgan fingerprint density at radius 2 is 1.86 bits per heavy atom. The molecule has 152 valence electrons. The highest BCUT2D eigenvalue weighted by molar-refractivity contribution is 6.39. The topological polar surface area (TPSA) is 135 Å². The van der Waals surface area contributed by atoms with Crippen LogP contribution in [0.5, 0.6) is 0 Å². The summed E-state index contributed by atoms with van der Waals surface area (Å²) in [6.45, 7) is 1.39. The Balaban J connectivity index is 1.45. The van der Waals surface area contributed by atoms with Crippen LogP contribution in [0.1, 0.15) is 23.2 Å². The Morgan fingerprint density at radius 1 is 1.14 bits per heavy atom. The molecule has 10 nitrogen and oxygen atoms in total. The number of anilines is 1. The molecule has 2 aromatic rings. The summed E-state index contributed by atoms with van der Waals surface area (Å²) in [4.78, 5) is 48.4. The summed E-state index contributed by atoms with van der Waals surface area (Å²) in [5.74, 6) is -1.79. The standard InChI is InChI=1S/C19H20N4O6/c24-17(18(25)21-15-3-1-2-4-16(15)23(27)28)20-11-13-5-8-22(9-6-13)19(26)14-7-10-29-12-14/h1-4,7,10,12-13H,5-6,8-9,11H2,(H,20,24)(H,21,25). The first-order chi connectivity index (χ1) is 14.0. The van der Waals surface area contributed by atoms with E-state index in [1.807, 2.05) is 0 Å². The first kappa shape index (κ1) is 20.1. The smallest absolute Gasteiger partial charge is 0.313 e. The van der Waals surface area contributed by atoms with Crippen molar-refractivity contribution in [3.05, 3.63) is 58.5 Å². The van der Waals surface area contributed by atoms with E-state index < -0.39 is 16.7 Å². The minimum Gasteiger partial charge on any atom is -0.472 e. The van der Waals surface area contributed by atoms with Gasteiger partial charge in [-0.3, -0.25) is 24.5 Å². The van der Waals surface area contributed by atoms with E-state index in [0.29, 0.717) is 31.5 Å². The number of piperidine rings is 1. The lowest BCUT2D eigenvalue weighted by atomic mass is 9.96. The van der Waals surface area contributed by atoms with Gasteiger partial charge in [-0.25, -0.2) is 0 Å². The van der Waals surface area contributed by atoms with Crippen LogP contribution in [-0.2, 0) is 9.59 Å². The summed E-state index contributed by atoms with van der Waals surface area (Å²) in [6.07, 6.45) is 4.24. The van der Waals surface area contributed by atoms with Gasteiger partial charge in [-0.15, -0.1) is 0 Å². The maximum absolute atomic E-state index is 12.3. The van der Waals surface area contributed by atoms with Crippen molar-refractivity contribution in [3.63, 3.8) is 0 Å². The number of likely N-dealkylation sites (tertiary alicyclic amines) is 1. The van der Waals surface area contributed by atoms with Crippen LogP contribution >= 0.6 is 0 Å². The van der Waals surface area contributed by atoms with Gasteiger partial charge in [0.15, 0.2) is 0 Å². The molecule has 10 heteroatoms. The summed E-state index contributed by atoms with van der Waals surface area (Å²) >= 11 is 0. The van der Waals surface area contributed by atoms with E-state index in [9.17, 15) is 24.5 Å². The lowest BCUT2D eigenvalue weighted by molar-refractivity contribution is -0.383. The first-order valence-corrected chi connectivity index (χ1v) is 9.09. The SMILES string of the molecule is O=C(NCC1CCN(C(=O)c2ccoc2)CC1)C(=O)Nc1ccccc1[N+](=O)[O-]. The highest BCUT2D eigenvalue weighted by atomic mass is 16.6. The van der Waals surface area contributed by atoms with Gasteiger partial charge in [0.25, 0.3) is 11.6 Å². The third-order valence-electron chi connectivity index (χ3n) is 4.78. The number of amides is 3. The van der Waals surface area contributed by atoms with E-state index >= 15 is 0 Å². The number of hydrogen-bond donors (Lipinski definition) is 2. The van der Waals surface area contributed by atoms with Gasteiger partial charge in [-0.05, 0) is 30.9 Å². The second-order valence-corrected chi connectivity index (χ2v) is 6.69. The van der Waals surface area contributed by atoms with E-state index in [0.717, 1.165) is 0 Å². The van der Waals surface area contributed by atoms with E-state index in [-0.39, 0.29) is 29.7 Å². The average Bonchev–Trinajstić information content (AvgIpc) is 3.27. The molecule has 1 fully saturated rings. The predicted molar refractivity (Wildman–Crippen MR) is 102 cm³/mol. The zero-order valence-electron chi connectivity index (χ0n) is 15.5. The number of carbonyl (C=O) groups excluding carboxylic acids is 3. The van der Waals surface area contributed by atoms with Crippen LogP contribution in [0.15, 0.2) is 47.3 Å². The summed E-state index contributed by atoms with van der Waals surface area (Å²) in [7, 11) is 0. The fourth-order valence-corrected chi connectivity index (χ4v) is 3.14. The van der Waals surface area contributed by atoms with Crippen molar-refractivity contribution in [1.29, 1.82) is 0 Å². The van der Waals surface area contributed by atoms with Gasteiger partial charge in [-0.1, -0.05) is 12.1 Å². The molecule has 1 saturated heterocycles. The predicted octanol–water partition coefficient (Wildman–Crippen LogP) is 1.79. The average molecular weight is 400 g/mol. The van der Waals surface area contributed by atoms with Crippen LogP contribution < -0.4 is 10.6 Å². The quantitative estimate of drug-likeness (QED) is 0.446. The summed E-state index contributed by atoms with van der Waals surface area (Å²) in [6, 6.07) is 7.21. The van der Waals surface area contributed by atoms with Gasteiger partial charge in [0.2, 0.25) is 0 Å². The van der Waals surface area contributed by atoms with Crippen molar-refractivity contribution in [2.24, 2.45) is 5.92 Å². The van der Waals surface area contributed by atoms with Crippen LogP contribution in [0, 0.1) is 16.0 Å². The molecule has 0 atom stereocenters. The fraction of sp³-hybridized carbons (Fsp3) is 0.316. The molecule has 0 radical (unpaired) electrons. The van der Waals surface area contributed by atoms with Crippen molar-refractivity contribution in [3.8, 4) is 0 Å². The van der Waals surface area contributed by atoms with Gasteiger partial charge in [-0.2, -0.15) is 0 Å². The number of rotatable bonds is 5. The number of hydrogen-bond acceptors (Lipinski definition) is 6. The maximum atomic E-state index is 12.3.